The van der Waals surface area contributed by atoms with Gasteiger partial charge in [-0.25, -0.2) is 4.68 Å². The topological polar surface area (TPSA) is 112 Å². The van der Waals surface area contributed by atoms with Gasteiger partial charge in [0, 0.05) is 24.7 Å². The number of likely N-dealkylation sites (tertiary alicyclic amines) is 1. The third-order valence-electron chi connectivity index (χ3n) is 5.35. The average Bonchev–Trinajstić information content (AvgIpc) is 3.36. The molecule has 3 heterocycles. The highest BCUT2D eigenvalue weighted by Gasteiger charge is 2.27. The first-order valence-electron chi connectivity index (χ1n) is 9.31. The number of hydrogen-bond donors (Lipinski definition) is 2. The van der Waals surface area contributed by atoms with Crippen molar-refractivity contribution in [1.29, 1.82) is 0 Å². The van der Waals surface area contributed by atoms with Crippen LogP contribution in [0.5, 0.6) is 11.5 Å². The van der Waals surface area contributed by atoms with Crippen LogP contribution in [-0.4, -0.2) is 52.4 Å². The van der Waals surface area contributed by atoms with Crippen LogP contribution < -0.4 is 20.5 Å². The molecule has 148 valence electrons. The van der Waals surface area contributed by atoms with E-state index in [0.29, 0.717) is 22.9 Å². The number of piperidine rings is 1. The Labute approximate surface area is 162 Å². The van der Waals surface area contributed by atoms with Gasteiger partial charge in [-0.05, 0) is 38.0 Å². The Balaban J connectivity index is 1.42. The summed E-state index contributed by atoms with van der Waals surface area (Å²) in [6, 6.07) is 6.75. The van der Waals surface area contributed by atoms with Gasteiger partial charge in [-0.1, -0.05) is 0 Å². The maximum absolute atomic E-state index is 12.7. The summed E-state index contributed by atoms with van der Waals surface area (Å²) in [6.07, 6.45) is 3.33. The summed E-state index contributed by atoms with van der Waals surface area (Å²) in [5, 5.41) is 7.32. The molecule has 1 atom stereocenters. The lowest BCUT2D eigenvalue weighted by Gasteiger charge is -2.35. The van der Waals surface area contributed by atoms with Crippen molar-refractivity contribution in [1.82, 2.24) is 14.7 Å². The summed E-state index contributed by atoms with van der Waals surface area (Å²) in [4.78, 5) is 26.1. The molecule has 1 aromatic carbocycles. The fraction of sp³-hybridized carbons (Fsp3) is 0.421. The van der Waals surface area contributed by atoms with E-state index >= 15 is 0 Å². The summed E-state index contributed by atoms with van der Waals surface area (Å²) < 4.78 is 12.5. The lowest BCUT2D eigenvalue weighted by Crippen LogP contribution is -2.46. The van der Waals surface area contributed by atoms with E-state index in [-0.39, 0.29) is 30.7 Å². The number of aromatic nitrogens is 2. The summed E-state index contributed by atoms with van der Waals surface area (Å²) >= 11 is 0. The number of nitrogens with one attached hydrogen (secondary N) is 1. The number of benzene rings is 1. The molecule has 3 N–H and O–H groups in total. The van der Waals surface area contributed by atoms with Gasteiger partial charge in [0.1, 0.15) is 5.82 Å². The van der Waals surface area contributed by atoms with E-state index in [0.717, 1.165) is 25.9 Å². The molecular weight excluding hydrogens is 362 g/mol. The molecule has 4 rings (SSSR count). The zero-order valence-corrected chi connectivity index (χ0v) is 15.6. The minimum Gasteiger partial charge on any atom is -0.454 e. The monoisotopic (exact) mass is 385 g/mol. The van der Waals surface area contributed by atoms with Crippen LogP contribution in [0.2, 0.25) is 0 Å². The number of carbonyl (C=O) groups excluding carboxylic acids is 2. The van der Waals surface area contributed by atoms with Gasteiger partial charge in [0.15, 0.2) is 11.5 Å². The Kier molecular flexibility index (Phi) is 4.91. The molecular formula is C19H23N5O4. The third-order valence-corrected chi connectivity index (χ3v) is 5.35. The first kappa shape index (κ1) is 18.3. The molecule has 0 aliphatic carbocycles. The van der Waals surface area contributed by atoms with Crippen molar-refractivity contribution in [3.8, 4) is 11.5 Å². The molecule has 0 spiro atoms. The number of rotatable bonds is 5. The number of primary amides is 1. The fourth-order valence-electron chi connectivity index (χ4n) is 3.63. The second kappa shape index (κ2) is 7.51. The number of hydrogen-bond acceptors (Lipinski definition) is 6. The second-order valence-electron chi connectivity index (χ2n) is 7.03. The Bertz CT molecular complexity index is 888. The Morgan fingerprint density at radius 1 is 1.21 bits per heavy atom. The Morgan fingerprint density at radius 3 is 2.71 bits per heavy atom. The number of nitrogens with two attached hydrogens (primary N) is 1. The first-order chi connectivity index (χ1) is 13.5. The molecule has 1 saturated heterocycles. The van der Waals surface area contributed by atoms with Gasteiger partial charge < -0.3 is 20.5 Å². The Hall–Kier alpha value is -3.07. The molecule has 1 aromatic heterocycles. The van der Waals surface area contributed by atoms with E-state index < -0.39 is 0 Å². The number of fused-ring (bicyclic) bond motifs is 1. The molecule has 0 saturated carbocycles. The predicted molar refractivity (Wildman–Crippen MR) is 101 cm³/mol. The van der Waals surface area contributed by atoms with Crippen LogP contribution in [-0.2, 0) is 4.79 Å². The number of anilines is 1. The number of nitrogens with zero attached hydrogens (tertiary/aromatic N) is 3. The standard InChI is InChI=1S/C19H23N5O4/c1-12(18(20)25)23-8-5-14(6-9-23)24-17(4-7-21-24)22-19(26)13-2-3-15-16(10-13)28-11-27-15/h2-4,7,10,12,14H,5-6,8-9,11H2,1H3,(H2,20,25)(H,22,26)/t12-/m0/s1. The van der Waals surface area contributed by atoms with Crippen molar-refractivity contribution >= 4 is 17.6 Å². The highest BCUT2D eigenvalue weighted by molar-refractivity contribution is 6.04. The van der Waals surface area contributed by atoms with E-state index in [1.54, 1.807) is 30.5 Å². The molecule has 0 bridgehead atoms. The molecule has 28 heavy (non-hydrogen) atoms. The highest BCUT2D eigenvalue weighted by atomic mass is 16.7. The number of amides is 2. The Morgan fingerprint density at radius 2 is 1.96 bits per heavy atom. The average molecular weight is 385 g/mol. The first-order valence-corrected chi connectivity index (χ1v) is 9.31. The van der Waals surface area contributed by atoms with Crippen molar-refractivity contribution in [3.05, 3.63) is 36.0 Å². The van der Waals surface area contributed by atoms with E-state index in [1.165, 1.54) is 0 Å². The maximum atomic E-state index is 12.7. The van der Waals surface area contributed by atoms with Crippen molar-refractivity contribution in [2.75, 3.05) is 25.2 Å². The highest BCUT2D eigenvalue weighted by Crippen LogP contribution is 2.33. The van der Waals surface area contributed by atoms with Crippen LogP contribution in [0.3, 0.4) is 0 Å². The molecule has 2 amide bonds. The summed E-state index contributed by atoms with van der Waals surface area (Å²) in [5.74, 6) is 1.30. The molecule has 2 aliphatic heterocycles. The molecule has 9 heteroatoms. The summed E-state index contributed by atoms with van der Waals surface area (Å²) in [5.41, 5.74) is 5.89. The lowest BCUT2D eigenvalue weighted by atomic mass is 10.0. The number of ether oxygens (including phenoxy) is 2. The largest absolute Gasteiger partial charge is 0.454 e. The van der Waals surface area contributed by atoms with Gasteiger partial charge in [-0.2, -0.15) is 5.10 Å². The zero-order valence-electron chi connectivity index (χ0n) is 15.6. The third kappa shape index (κ3) is 3.53. The van der Waals surface area contributed by atoms with E-state index in [2.05, 4.69) is 15.3 Å². The fourth-order valence-corrected chi connectivity index (χ4v) is 3.63. The molecule has 0 radical (unpaired) electrons. The van der Waals surface area contributed by atoms with E-state index in [1.807, 2.05) is 11.6 Å². The molecule has 2 aromatic rings. The van der Waals surface area contributed by atoms with Gasteiger partial charge >= 0.3 is 0 Å². The van der Waals surface area contributed by atoms with E-state index in [4.69, 9.17) is 15.2 Å². The molecule has 9 nitrogen and oxygen atoms in total. The van der Waals surface area contributed by atoms with Gasteiger partial charge in [-0.15, -0.1) is 0 Å². The van der Waals surface area contributed by atoms with Crippen LogP contribution >= 0.6 is 0 Å². The van der Waals surface area contributed by atoms with Crippen LogP contribution in [0, 0.1) is 0 Å². The summed E-state index contributed by atoms with van der Waals surface area (Å²) in [6.45, 7) is 3.50. The lowest BCUT2D eigenvalue weighted by molar-refractivity contribution is -0.123. The summed E-state index contributed by atoms with van der Waals surface area (Å²) in [7, 11) is 0. The normalized spacial score (nSPS) is 18.0. The van der Waals surface area contributed by atoms with Crippen LogP contribution in [0.15, 0.2) is 30.5 Å². The predicted octanol–water partition coefficient (Wildman–Crippen LogP) is 1.37. The minimum absolute atomic E-state index is 0.151. The molecule has 2 aliphatic rings. The van der Waals surface area contributed by atoms with Crippen molar-refractivity contribution in [3.63, 3.8) is 0 Å². The number of carbonyl (C=O) groups is 2. The smallest absolute Gasteiger partial charge is 0.256 e. The quantitative estimate of drug-likeness (QED) is 0.804. The van der Waals surface area contributed by atoms with E-state index in [9.17, 15) is 9.59 Å². The second-order valence-corrected chi connectivity index (χ2v) is 7.03. The van der Waals surface area contributed by atoms with Gasteiger partial charge in [-0.3, -0.25) is 14.5 Å². The zero-order chi connectivity index (χ0) is 19.7. The van der Waals surface area contributed by atoms with Crippen molar-refractivity contribution in [2.45, 2.75) is 31.8 Å². The van der Waals surface area contributed by atoms with Crippen molar-refractivity contribution < 1.29 is 19.1 Å². The van der Waals surface area contributed by atoms with Crippen LogP contribution in [0.4, 0.5) is 5.82 Å². The van der Waals surface area contributed by atoms with Gasteiger partial charge in [0.05, 0.1) is 18.3 Å². The molecule has 0 unspecified atom stereocenters. The van der Waals surface area contributed by atoms with Gasteiger partial charge in [0.25, 0.3) is 5.91 Å². The SMILES string of the molecule is C[C@@H](C(N)=O)N1CCC(n2nccc2NC(=O)c2ccc3c(c2)OCO3)CC1. The van der Waals surface area contributed by atoms with Crippen LogP contribution in [0.1, 0.15) is 36.2 Å². The minimum atomic E-state index is -0.311. The maximum Gasteiger partial charge on any atom is 0.256 e. The van der Waals surface area contributed by atoms with Crippen LogP contribution in [0.25, 0.3) is 0 Å². The van der Waals surface area contributed by atoms with Gasteiger partial charge in [0.2, 0.25) is 12.7 Å². The van der Waals surface area contributed by atoms with Crippen molar-refractivity contribution in [2.24, 2.45) is 5.73 Å². The molecule has 1 fully saturated rings.